The summed E-state index contributed by atoms with van der Waals surface area (Å²) < 4.78 is 5.27. The average molecular weight is 215 g/mol. The van der Waals surface area contributed by atoms with Crippen LogP contribution in [0.25, 0.3) is 0 Å². The van der Waals surface area contributed by atoms with Crippen molar-refractivity contribution in [2.45, 2.75) is 20.0 Å². The van der Waals surface area contributed by atoms with Crippen molar-refractivity contribution in [3.8, 4) is 5.88 Å². The standard InChI is InChI=1S/C8H11BClNO3/c1-5(2)14-8-7(10)3-6(4-11-8)9(12)13/h3-5,12-13H,1-2H3. The van der Waals surface area contributed by atoms with Crippen LogP contribution in [-0.2, 0) is 0 Å². The van der Waals surface area contributed by atoms with Gasteiger partial charge in [0, 0.05) is 11.7 Å². The molecule has 1 rings (SSSR count). The zero-order chi connectivity index (χ0) is 10.7. The molecule has 76 valence electrons. The Kier molecular flexibility index (Phi) is 3.74. The smallest absolute Gasteiger partial charge is 0.474 e. The quantitative estimate of drug-likeness (QED) is 0.707. The Morgan fingerprint density at radius 2 is 2.14 bits per heavy atom. The van der Waals surface area contributed by atoms with Crippen LogP contribution in [0.15, 0.2) is 12.3 Å². The highest BCUT2D eigenvalue weighted by Crippen LogP contribution is 2.20. The van der Waals surface area contributed by atoms with Gasteiger partial charge in [-0.25, -0.2) is 4.98 Å². The van der Waals surface area contributed by atoms with Gasteiger partial charge in [-0.05, 0) is 19.9 Å². The number of rotatable bonds is 3. The summed E-state index contributed by atoms with van der Waals surface area (Å²) in [5.74, 6) is 0.297. The van der Waals surface area contributed by atoms with Gasteiger partial charge in [0.05, 0.1) is 6.10 Å². The van der Waals surface area contributed by atoms with E-state index in [-0.39, 0.29) is 16.6 Å². The second-order valence-corrected chi connectivity index (χ2v) is 3.50. The molecule has 0 saturated heterocycles. The van der Waals surface area contributed by atoms with Crippen LogP contribution in [0.1, 0.15) is 13.8 Å². The summed E-state index contributed by atoms with van der Waals surface area (Å²) in [6, 6.07) is 1.41. The van der Waals surface area contributed by atoms with Crippen LogP contribution in [0.3, 0.4) is 0 Å². The lowest BCUT2D eigenvalue weighted by atomic mass is 9.82. The molecular weight excluding hydrogens is 204 g/mol. The average Bonchev–Trinajstić information content (AvgIpc) is 2.07. The summed E-state index contributed by atoms with van der Waals surface area (Å²) >= 11 is 5.81. The lowest BCUT2D eigenvalue weighted by Gasteiger charge is -2.10. The molecule has 4 nitrogen and oxygen atoms in total. The van der Waals surface area contributed by atoms with E-state index in [4.69, 9.17) is 26.4 Å². The molecule has 0 aliphatic carbocycles. The first-order chi connectivity index (χ1) is 6.50. The third-order valence-corrected chi connectivity index (χ3v) is 1.74. The normalized spacial score (nSPS) is 10.4. The van der Waals surface area contributed by atoms with Crippen molar-refractivity contribution in [2.24, 2.45) is 0 Å². The third-order valence-electron chi connectivity index (χ3n) is 1.47. The van der Waals surface area contributed by atoms with Crippen LogP contribution in [0.2, 0.25) is 5.02 Å². The lowest BCUT2D eigenvalue weighted by Crippen LogP contribution is -2.30. The maximum Gasteiger partial charge on any atom is 0.490 e. The predicted octanol–water partition coefficient (Wildman–Crippen LogP) is 0.202. The van der Waals surface area contributed by atoms with E-state index < -0.39 is 7.12 Å². The van der Waals surface area contributed by atoms with E-state index in [1.807, 2.05) is 13.8 Å². The van der Waals surface area contributed by atoms with E-state index in [9.17, 15) is 0 Å². The van der Waals surface area contributed by atoms with E-state index >= 15 is 0 Å². The first kappa shape index (κ1) is 11.3. The van der Waals surface area contributed by atoms with Crippen LogP contribution in [0, 0.1) is 0 Å². The summed E-state index contributed by atoms with van der Waals surface area (Å²) in [5, 5.41) is 17.9. The van der Waals surface area contributed by atoms with Crippen LogP contribution in [0.4, 0.5) is 0 Å². The minimum absolute atomic E-state index is 0.0232. The van der Waals surface area contributed by atoms with Gasteiger partial charge in [-0.1, -0.05) is 11.6 Å². The van der Waals surface area contributed by atoms with Gasteiger partial charge in [-0.2, -0.15) is 0 Å². The monoisotopic (exact) mass is 215 g/mol. The Morgan fingerprint density at radius 3 is 2.57 bits per heavy atom. The summed E-state index contributed by atoms with van der Waals surface area (Å²) in [7, 11) is -1.56. The molecule has 0 aliphatic heterocycles. The molecule has 1 heterocycles. The lowest BCUT2D eigenvalue weighted by molar-refractivity contribution is 0.233. The minimum Gasteiger partial charge on any atom is -0.474 e. The fraction of sp³-hybridized carbons (Fsp3) is 0.375. The highest BCUT2D eigenvalue weighted by atomic mass is 35.5. The van der Waals surface area contributed by atoms with Gasteiger partial charge in [0.15, 0.2) is 0 Å². The highest BCUT2D eigenvalue weighted by molar-refractivity contribution is 6.58. The van der Waals surface area contributed by atoms with Gasteiger partial charge in [-0.3, -0.25) is 0 Å². The highest BCUT2D eigenvalue weighted by Gasteiger charge is 2.14. The maximum absolute atomic E-state index is 8.84. The van der Waals surface area contributed by atoms with Gasteiger partial charge < -0.3 is 14.8 Å². The second-order valence-electron chi connectivity index (χ2n) is 3.10. The van der Waals surface area contributed by atoms with Gasteiger partial charge in [-0.15, -0.1) is 0 Å². The molecule has 0 aliphatic rings. The number of pyridine rings is 1. The van der Waals surface area contributed by atoms with Gasteiger partial charge in [0.25, 0.3) is 0 Å². The Hall–Kier alpha value is -0.775. The maximum atomic E-state index is 8.84. The van der Waals surface area contributed by atoms with Crippen LogP contribution >= 0.6 is 11.6 Å². The van der Waals surface area contributed by atoms with Crippen LogP contribution < -0.4 is 10.2 Å². The van der Waals surface area contributed by atoms with Gasteiger partial charge in [0.1, 0.15) is 5.02 Å². The van der Waals surface area contributed by atoms with Crippen molar-refractivity contribution in [3.63, 3.8) is 0 Å². The van der Waals surface area contributed by atoms with E-state index in [1.54, 1.807) is 0 Å². The van der Waals surface area contributed by atoms with Crippen molar-refractivity contribution in [3.05, 3.63) is 17.3 Å². The number of halogens is 1. The molecule has 1 aromatic rings. The molecule has 0 unspecified atom stereocenters. The SMILES string of the molecule is CC(C)Oc1ncc(B(O)O)cc1Cl. The summed E-state index contributed by atoms with van der Waals surface area (Å²) in [6.07, 6.45) is 1.29. The van der Waals surface area contributed by atoms with E-state index in [1.165, 1.54) is 12.3 Å². The molecule has 0 atom stereocenters. The van der Waals surface area contributed by atoms with Crippen molar-refractivity contribution in [1.82, 2.24) is 4.98 Å². The van der Waals surface area contributed by atoms with Gasteiger partial charge in [0.2, 0.25) is 5.88 Å². The Bertz CT molecular complexity index is 319. The van der Waals surface area contributed by atoms with E-state index in [0.717, 1.165) is 0 Å². The summed E-state index contributed by atoms with van der Waals surface area (Å²) in [5.41, 5.74) is 0.242. The molecule has 0 amide bonds. The fourth-order valence-electron chi connectivity index (χ4n) is 0.891. The number of ether oxygens (including phenoxy) is 1. The first-order valence-corrected chi connectivity index (χ1v) is 4.56. The second kappa shape index (κ2) is 4.64. The van der Waals surface area contributed by atoms with Crippen molar-refractivity contribution in [2.75, 3.05) is 0 Å². The number of hydrogen-bond acceptors (Lipinski definition) is 4. The summed E-state index contributed by atoms with van der Waals surface area (Å²) in [6.45, 7) is 3.71. The first-order valence-electron chi connectivity index (χ1n) is 4.19. The minimum atomic E-state index is -1.56. The van der Waals surface area contributed by atoms with Crippen molar-refractivity contribution < 1.29 is 14.8 Å². The Balaban J connectivity index is 2.90. The molecule has 1 aromatic heterocycles. The molecule has 0 radical (unpaired) electrons. The molecule has 0 aromatic carbocycles. The Morgan fingerprint density at radius 1 is 1.50 bits per heavy atom. The fourth-order valence-corrected chi connectivity index (χ4v) is 1.11. The van der Waals surface area contributed by atoms with E-state index in [0.29, 0.717) is 5.88 Å². The molecule has 6 heteroatoms. The molecule has 2 N–H and O–H groups in total. The van der Waals surface area contributed by atoms with Crippen LogP contribution in [-0.4, -0.2) is 28.3 Å². The predicted molar refractivity (Wildman–Crippen MR) is 54.8 cm³/mol. The molecule has 14 heavy (non-hydrogen) atoms. The van der Waals surface area contributed by atoms with Crippen LogP contribution in [0.5, 0.6) is 5.88 Å². The third kappa shape index (κ3) is 2.87. The molecule has 0 fully saturated rings. The molecule has 0 spiro atoms. The largest absolute Gasteiger partial charge is 0.490 e. The number of hydrogen-bond donors (Lipinski definition) is 2. The number of aromatic nitrogens is 1. The van der Waals surface area contributed by atoms with Gasteiger partial charge >= 0.3 is 7.12 Å². The zero-order valence-electron chi connectivity index (χ0n) is 7.94. The molecule has 0 bridgehead atoms. The summed E-state index contributed by atoms with van der Waals surface area (Å²) in [4.78, 5) is 3.87. The Labute approximate surface area is 87.6 Å². The zero-order valence-corrected chi connectivity index (χ0v) is 8.69. The van der Waals surface area contributed by atoms with Crippen molar-refractivity contribution >= 4 is 24.2 Å². The number of nitrogens with zero attached hydrogens (tertiary/aromatic N) is 1. The van der Waals surface area contributed by atoms with E-state index in [2.05, 4.69) is 4.98 Å². The molecule has 0 saturated carbocycles. The topological polar surface area (TPSA) is 62.6 Å². The van der Waals surface area contributed by atoms with Crippen molar-refractivity contribution in [1.29, 1.82) is 0 Å². The molecular formula is C8H11BClNO3.